The first-order valence-corrected chi connectivity index (χ1v) is 24.7. The van der Waals surface area contributed by atoms with Gasteiger partial charge in [-0.1, -0.05) is 39.0 Å². The monoisotopic (exact) mass is 903 g/mol. The lowest BCUT2D eigenvalue weighted by atomic mass is 9.75. The molecule has 17 heteroatoms. The van der Waals surface area contributed by atoms with Crippen LogP contribution >= 0.6 is 0 Å². The maximum Gasteiger partial charge on any atom is 0.303 e. The number of anilines is 1. The number of aliphatic carboxylic acids is 1. The molecule has 0 aliphatic carbocycles. The second-order valence-electron chi connectivity index (χ2n) is 17.3. The summed E-state index contributed by atoms with van der Waals surface area (Å²) in [4.78, 5) is 13.8. The van der Waals surface area contributed by atoms with E-state index in [0.717, 1.165) is 53.7 Å². The second kappa shape index (κ2) is 17.9. The van der Waals surface area contributed by atoms with Gasteiger partial charge in [0.1, 0.15) is 18.1 Å². The standard InChI is InChI=1S/C44H58N2O12S3/c1-30-29-43(5,6)46(22-14-24-60(51,52)56-9)37-28-38-34(27-33(30)37)31(25-40(58-38)42(2,3)4)15-11-16-39-44(7,20-12-17-41(47)48)35-26-32(61(53,54)57-10)18-19-36(35)45(39)21-13-23-59(49,50)55-8/h11,15-16,18-19,25-29H,12-14,17,20-24H2,1-10H3/p+1. The molecule has 0 aromatic heterocycles. The first-order valence-electron chi connectivity index (χ1n) is 20.1. The Morgan fingerprint density at radius 1 is 0.902 bits per heavy atom. The van der Waals surface area contributed by atoms with E-state index in [2.05, 4.69) is 58.6 Å². The third-order valence-electron chi connectivity index (χ3n) is 11.5. The molecule has 61 heavy (non-hydrogen) atoms. The molecule has 0 saturated heterocycles. The summed E-state index contributed by atoms with van der Waals surface area (Å²) in [5.41, 5.74) is 4.99. The molecule has 2 aromatic rings. The third kappa shape index (κ3) is 10.6. The highest BCUT2D eigenvalue weighted by atomic mass is 32.2. The van der Waals surface area contributed by atoms with Crippen molar-refractivity contribution in [3.8, 4) is 5.75 Å². The number of nitrogens with zero attached hydrogens (tertiary/aromatic N) is 2. The van der Waals surface area contributed by atoms with Crippen molar-refractivity contribution in [2.24, 2.45) is 5.41 Å². The minimum absolute atomic E-state index is 0.0548. The molecule has 0 saturated carbocycles. The van der Waals surface area contributed by atoms with E-state index in [-0.39, 0.29) is 47.6 Å². The van der Waals surface area contributed by atoms with Crippen molar-refractivity contribution >= 4 is 64.6 Å². The minimum atomic E-state index is -4.09. The van der Waals surface area contributed by atoms with Crippen LogP contribution in [0.3, 0.4) is 0 Å². The average molecular weight is 904 g/mol. The van der Waals surface area contributed by atoms with Crippen LogP contribution in [0.2, 0.25) is 0 Å². The molecule has 1 atom stereocenters. The van der Waals surface area contributed by atoms with Crippen LogP contribution < -0.4 is 9.64 Å². The number of allylic oxidation sites excluding steroid dienone is 7. The van der Waals surface area contributed by atoms with Gasteiger partial charge in [0.2, 0.25) is 5.69 Å². The first-order chi connectivity index (χ1) is 28.3. The van der Waals surface area contributed by atoms with Crippen LogP contribution in [0.4, 0.5) is 11.4 Å². The Balaban J connectivity index is 1.66. The van der Waals surface area contributed by atoms with Crippen molar-refractivity contribution in [2.75, 3.05) is 50.8 Å². The van der Waals surface area contributed by atoms with Crippen molar-refractivity contribution in [1.29, 1.82) is 0 Å². The number of carbonyl (C=O) groups is 1. The lowest BCUT2D eigenvalue weighted by Crippen LogP contribution is -2.46. The topological polar surface area (TPSA) is 183 Å². The van der Waals surface area contributed by atoms with Gasteiger partial charge in [0.25, 0.3) is 30.4 Å². The van der Waals surface area contributed by atoms with E-state index in [0.29, 0.717) is 36.4 Å². The van der Waals surface area contributed by atoms with Gasteiger partial charge in [0, 0.05) is 65.4 Å². The van der Waals surface area contributed by atoms with Crippen LogP contribution in [0.5, 0.6) is 5.75 Å². The van der Waals surface area contributed by atoms with Gasteiger partial charge in [-0.05, 0) is 82.4 Å². The highest BCUT2D eigenvalue weighted by Gasteiger charge is 2.48. The molecule has 334 valence electrons. The fourth-order valence-corrected chi connectivity index (χ4v) is 10.3. The molecule has 0 fully saturated rings. The summed E-state index contributed by atoms with van der Waals surface area (Å²) >= 11 is 0. The van der Waals surface area contributed by atoms with E-state index >= 15 is 0 Å². The van der Waals surface area contributed by atoms with Crippen LogP contribution in [-0.4, -0.2) is 98.1 Å². The molecule has 3 heterocycles. The molecule has 0 spiro atoms. The molecule has 14 nitrogen and oxygen atoms in total. The normalized spacial score (nSPS) is 19.7. The summed E-state index contributed by atoms with van der Waals surface area (Å²) in [6, 6.07) is 8.79. The maximum absolute atomic E-state index is 12.9. The quantitative estimate of drug-likeness (QED) is 0.116. The predicted molar refractivity (Wildman–Crippen MR) is 237 cm³/mol. The zero-order valence-electron chi connectivity index (χ0n) is 36.7. The first kappa shape index (κ1) is 47.9. The van der Waals surface area contributed by atoms with Crippen molar-refractivity contribution in [2.45, 2.75) is 96.4 Å². The van der Waals surface area contributed by atoms with Crippen LogP contribution in [0, 0.1) is 5.41 Å². The summed E-state index contributed by atoms with van der Waals surface area (Å²) in [5.74, 6) is 0.0351. The summed E-state index contributed by atoms with van der Waals surface area (Å²) in [5, 5.41) is 9.58. The van der Waals surface area contributed by atoms with Gasteiger partial charge in [0.15, 0.2) is 5.71 Å². The zero-order chi connectivity index (χ0) is 45.3. The minimum Gasteiger partial charge on any atom is -0.481 e. The van der Waals surface area contributed by atoms with Crippen LogP contribution in [0.1, 0.15) is 97.3 Å². The smallest absolute Gasteiger partial charge is 0.303 e. The summed E-state index contributed by atoms with van der Waals surface area (Å²) < 4.78 is 97.8. The fraction of sp³-hybridized carbons (Fsp3) is 0.500. The predicted octanol–water partition coefficient (Wildman–Crippen LogP) is 7.33. The molecular formula is C44H59N2O12S3+. The van der Waals surface area contributed by atoms with E-state index in [1.54, 1.807) is 12.1 Å². The molecule has 3 aliphatic heterocycles. The fourth-order valence-electron chi connectivity index (χ4n) is 8.29. The number of hydrogen-bond acceptors (Lipinski definition) is 12. The van der Waals surface area contributed by atoms with Gasteiger partial charge in [-0.3, -0.25) is 17.3 Å². The number of fused-ring (bicyclic) bond motifs is 3. The molecule has 1 unspecified atom stereocenters. The Morgan fingerprint density at radius 3 is 2.16 bits per heavy atom. The van der Waals surface area contributed by atoms with Gasteiger partial charge < -0.3 is 14.7 Å². The van der Waals surface area contributed by atoms with Crippen LogP contribution in [0.25, 0.3) is 11.1 Å². The van der Waals surface area contributed by atoms with E-state index < -0.39 is 47.3 Å². The molecule has 0 amide bonds. The molecule has 1 N–H and O–H groups in total. The number of ether oxygens (including phenoxy) is 1. The Labute approximate surface area is 361 Å². The average Bonchev–Trinajstić information content (AvgIpc) is 3.40. The van der Waals surface area contributed by atoms with Gasteiger partial charge in [-0.2, -0.15) is 29.8 Å². The third-order valence-corrected chi connectivity index (χ3v) is 15.4. The van der Waals surface area contributed by atoms with E-state index in [1.807, 2.05) is 41.9 Å². The number of benzene rings is 2. The van der Waals surface area contributed by atoms with Crippen LogP contribution in [-0.2, 0) is 53.1 Å². The SMILES string of the molecule is COS(=O)(=O)CCCN1c2cc3c(cc2C(C)=CC1(C)C)/C(=C/C=C/C1=[N+](CCCS(=O)(=O)OC)c2ccc(S(=O)(=O)OC)cc2C1(C)CCCC(=O)O)C=C(C(C)(C)C)O3. The lowest BCUT2D eigenvalue weighted by Gasteiger charge is -2.44. The molecular weight excluding hydrogens is 845 g/mol. The van der Waals surface area contributed by atoms with Crippen molar-refractivity contribution in [3.05, 3.63) is 83.2 Å². The number of carboxylic acid groups (broad SMARTS) is 1. The molecule has 5 rings (SSSR count). The molecule has 3 aliphatic rings. The summed E-state index contributed by atoms with van der Waals surface area (Å²) in [6.45, 7) is 15.0. The molecule has 2 aromatic carbocycles. The Hall–Kier alpha value is -4.13. The van der Waals surface area contributed by atoms with Gasteiger partial charge in [-0.15, -0.1) is 0 Å². The zero-order valence-corrected chi connectivity index (χ0v) is 39.1. The summed E-state index contributed by atoms with van der Waals surface area (Å²) in [6.07, 6.45) is 11.0. The van der Waals surface area contributed by atoms with Crippen molar-refractivity contribution < 1.29 is 57.0 Å². The van der Waals surface area contributed by atoms with Crippen molar-refractivity contribution in [1.82, 2.24) is 0 Å². The molecule has 0 radical (unpaired) electrons. The highest BCUT2D eigenvalue weighted by Crippen LogP contribution is 2.48. The number of hydrogen-bond donors (Lipinski definition) is 1. The second-order valence-corrected chi connectivity index (χ2v) is 22.7. The maximum atomic E-state index is 12.9. The number of carboxylic acids is 1. The Morgan fingerprint density at radius 2 is 1.56 bits per heavy atom. The Bertz CT molecular complexity index is 2560. The van der Waals surface area contributed by atoms with E-state index in [9.17, 15) is 35.2 Å². The van der Waals surface area contributed by atoms with Crippen LogP contribution in [0.15, 0.2) is 71.4 Å². The lowest BCUT2D eigenvalue weighted by molar-refractivity contribution is -0.437. The largest absolute Gasteiger partial charge is 0.481 e. The van der Waals surface area contributed by atoms with Gasteiger partial charge >= 0.3 is 5.97 Å². The summed E-state index contributed by atoms with van der Waals surface area (Å²) in [7, 11) is -8.14. The van der Waals surface area contributed by atoms with Crippen molar-refractivity contribution in [3.63, 3.8) is 0 Å². The molecule has 0 bridgehead atoms. The van der Waals surface area contributed by atoms with Gasteiger partial charge in [-0.25, -0.2) is 0 Å². The Kier molecular flexibility index (Phi) is 14.1. The highest BCUT2D eigenvalue weighted by molar-refractivity contribution is 7.87. The van der Waals surface area contributed by atoms with E-state index in [4.69, 9.17) is 17.3 Å². The van der Waals surface area contributed by atoms with Gasteiger partial charge in [0.05, 0.1) is 48.7 Å². The number of rotatable bonds is 18. The van der Waals surface area contributed by atoms with E-state index in [1.165, 1.54) is 13.2 Å².